The van der Waals surface area contributed by atoms with Crippen LogP contribution >= 0.6 is 34.7 Å². The van der Waals surface area contributed by atoms with Gasteiger partial charge in [0.25, 0.3) is 0 Å². The highest BCUT2D eigenvalue weighted by Crippen LogP contribution is 2.51. The van der Waals surface area contributed by atoms with Crippen molar-refractivity contribution in [2.24, 2.45) is 0 Å². The lowest BCUT2D eigenvalue weighted by atomic mass is 10.0. The summed E-state index contributed by atoms with van der Waals surface area (Å²) >= 11 is 9.96. The number of nitrogens with zero attached hydrogens (tertiary/aromatic N) is 1. The van der Waals surface area contributed by atoms with Crippen LogP contribution in [0.1, 0.15) is 24.1 Å². The van der Waals surface area contributed by atoms with E-state index in [2.05, 4.69) is 47.4 Å². The van der Waals surface area contributed by atoms with Gasteiger partial charge >= 0.3 is 0 Å². The van der Waals surface area contributed by atoms with Gasteiger partial charge in [-0.1, -0.05) is 54.0 Å². The van der Waals surface area contributed by atoms with Crippen molar-refractivity contribution in [2.75, 3.05) is 26.2 Å². The highest BCUT2D eigenvalue weighted by Gasteiger charge is 2.22. The fraction of sp³-hybridized carbons (Fsp3) is 0.333. The quantitative estimate of drug-likeness (QED) is 0.304. The molecular weight excluding hydrogens is 418 g/mol. The lowest BCUT2D eigenvalue weighted by molar-refractivity contribution is 0.0878. The number of piperidine rings is 1. The average molecular weight is 442 g/mol. The Labute approximate surface area is 185 Å². The van der Waals surface area contributed by atoms with Crippen LogP contribution in [0.15, 0.2) is 58.3 Å². The van der Waals surface area contributed by atoms with Gasteiger partial charge in [-0.25, -0.2) is 0 Å². The van der Waals surface area contributed by atoms with Crippen LogP contribution < -0.4 is 0 Å². The molecule has 0 unspecified atom stereocenters. The summed E-state index contributed by atoms with van der Waals surface area (Å²) in [5.74, 6) is 0. The molecule has 0 radical (unpaired) electrons. The number of halogens is 1. The fourth-order valence-corrected chi connectivity index (χ4v) is 6.71. The Hall–Kier alpha value is -1.30. The van der Waals surface area contributed by atoms with Crippen molar-refractivity contribution in [1.82, 2.24) is 4.90 Å². The first kappa shape index (κ1) is 19.7. The molecule has 3 aromatic rings. The predicted octanol–water partition coefficient (Wildman–Crippen LogP) is 7.20. The Bertz CT molecular complexity index is 1010. The predicted molar refractivity (Wildman–Crippen MR) is 124 cm³/mol. The van der Waals surface area contributed by atoms with E-state index in [0.29, 0.717) is 6.61 Å². The van der Waals surface area contributed by atoms with Crippen LogP contribution in [-0.2, 0) is 11.3 Å². The largest absolute Gasteiger partial charge is 0.375 e. The normalized spacial score (nSPS) is 16.0. The zero-order valence-electron chi connectivity index (χ0n) is 16.3. The molecule has 2 aliphatic heterocycles. The molecule has 0 spiro atoms. The molecule has 0 atom stereocenters. The third-order valence-electron chi connectivity index (χ3n) is 5.61. The van der Waals surface area contributed by atoms with E-state index >= 15 is 0 Å². The SMILES string of the molecule is Clc1ccc2c(c1)Sc1ccccc1-c1cc(COCCN3CCCCC3)sc1-2. The van der Waals surface area contributed by atoms with Crippen LogP contribution in [0.4, 0.5) is 0 Å². The second-order valence-electron chi connectivity index (χ2n) is 7.65. The lowest BCUT2D eigenvalue weighted by Crippen LogP contribution is -2.32. The third-order valence-corrected chi connectivity index (χ3v) is 8.12. The van der Waals surface area contributed by atoms with Gasteiger partial charge in [-0.2, -0.15) is 0 Å². The number of hydrogen-bond donors (Lipinski definition) is 0. The van der Waals surface area contributed by atoms with E-state index in [-0.39, 0.29) is 0 Å². The van der Waals surface area contributed by atoms with Crippen LogP contribution in [0, 0.1) is 0 Å². The smallest absolute Gasteiger partial charge is 0.0810 e. The molecule has 29 heavy (non-hydrogen) atoms. The second kappa shape index (κ2) is 8.83. The number of rotatable bonds is 5. The number of ether oxygens (including phenoxy) is 1. The summed E-state index contributed by atoms with van der Waals surface area (Å²) in [5, 5.41) is 0.787. The van der Waals surface area contributed by atoms with Crippen molar-refractivity contribution in [3.8, 4) is 21.6 Å². The van der Waals surface area contributed by atoms with Crippen molar-refractivity contribution < 1.29 is 4.74 Å². The molecule has 0 N–H and O–H groups in total. The molecule has 3 heterocycles. The van der Waals surface area contributed by atoms with Crippen LogP contribution in [0.25, 0.3) is 21.6 Å². The molecule has 0 saturated carbocycles. The van der Waals surface area contributed by atoms with Crippen LogP contribution in [-0.4, -0.2) is 31.1 Å². The Kier molecular flexibility index (Phi) is 5.98. The second-order valence-corrected chi connectivity index (χ2v) is 10.3. The molecule has 1 fully saturated rings. The number of fused-ring (bicyclic) bond motifs is 5. The Morgan fingerprint density at radius 3 is 2.66 bits per heavy atom. The maximum absolute atomic E-state index is 6.30. The van der Waals surface area contributed by atoms with Gasteiger partial charge in [0.05, 0.1) is 13.2 Å². The Morgan fingerprint density at radius 2 is 1.76 bits per heavy atom. The summed E-state index contributed by atoms with van der Waals surface area (Å²) in [5.41, 5.74) is 3.89. The van der Waals surface area contributed by atoms with Gasteiger partial charge in [0.1, 0.15) is 0 Å². The molecule has 2 aliphatic rings. The van der Waals surface area contributed by atoms with Gasteiger partial charge < -0.3 is 9.64 Å². The molecule has 2 aromatic carbocycles. The van der Waals surface area contributed by atoms with E-state index in [1.54, 1.807) is 0 Å². The number of thiophene rings is 1. The van der Waals surface area contributed by atoms with E-state index in [0.717, 1.165) is 18.2 Å². The van der Waals surface area contributed by atoms with Gasteiger partial charge in [-0.05, 0) is 55.8 Å². The minimum absolute atomic E-state index is 0.684. The highest BCUT2D eigenvalue weighted by molar-refractivity contribution is 7.99. The molecule has 0 bridgehead atoms. The van der Waals surface area contributed by atoms with Crippen molar-refractivity contribution >= 4 is 34.7 Å². The minimum atomic E-state index is 0.684. The maximum Gasteiger partial charge on any atom is 0.0810 e. The minimum Gasteiger partial charge on any atom is -0.375 e. The van der Waals surface area contributed by atoms with E-state index in [1.165, 1.54) is 68.6 Å². The van der Waals surface area contributed by atoms with E-state index in [4.69, 9.17) is 16.3 Å². The van der Waals surface area contributed by atoms with E-state index < -0.39 is 0 Å². The summed E-state index contributed by atoms with van der Waals surface area (Å²) < 4.78 is 6.07. The zero-order chi connectivity index (χ0) is 19.6. The fourth-order valence-electron chi connectivity index (χ4n) is 4.13. The number of hydrogen-bond acceptors (Lipinski definition) is 4. The summed E-state index contributed by atoms with van der Waals surface area (Å²) in [6.45, 7) is 4.99. The summed E-state index contributed by atoms with van der Waals surface area (Å²) in [6, 6.07) is 17.2. The Balaban J connectivity index is 1.38. The molecule has 1 aromatic heterocycles. The first-order valence-electron chi connectivity index (χ1n) is 10.3. The maximum atomic E-state index is 6.30. The first-order valence-corrected chi connectivity index (χ1v) is 12.3. The zero-order valence-corrected chi connectivity index (χ0v) is 18.7. The van der Waals surface area contributed by atoms with Crippen LogP contribution in [0.2, 0.25) is 5.02 Å². The third kappa shape index (κ3) is 4.28. The summed E-state index contributed by atoms with van der Waals surface area (Å²) in [6.07, 6.45) is 4.04. The molecule has 5 rings (SSSR count). The van der Waals surface area contributed by atoms with Crippen molar-refractivity contribution in [3.05, 3.63) is 58.4 Å². The molecule has 1 saturated heterocycles. The van der Waals surface area contributed by atoms with Gasteiger partial charge in [0.15, 0.2) is 0 Å². The molecule has 5 heteroatoms. The molecule has 0 amide bonds. The number of benzene rings is 2. The van der Waals surface area contributed by atoms with Crippen LogP contribution in [0.3, 0.4) is 0 Å². The molecule has 2 nitrogen and oxygen atoms in total. The monoisotopic (exact) mass is 441 g/mol. The van der Waals surface area contributed by atoms with Crippen LogP contribution in [0.5, 0.6) is 0 Å². The summed E-state index contributed by atoms with van der Waals surface area (Å²) in [7, 11) is 0. The van der Waals surface area contributed by atoms with E-state index in [9.17, 15) is 0 Å². The molecular formula is C24H24ClNOS2. The Morgan fingerprint density at radius 1 is 0.897 bits per heavy atom. The van der Waals surface area contributed by atoms with E-state index in [1.807, 2.05) is 29.2 Å². The van der Waals surface area contributed by atoms with Crippen molar-refractivity contribution in [1.29, 1.82) is 0 Å². The molecule has 150 valence electrons. The van der Waals surface area contributed by atoms with Gasteiger partial charge in [-0.3, -0.25) is 0 Å². The topological polar surface area (TPSA) is 12.5 Å². The average Bonchev–Trinajstić information content (AvgIpc) is 3.11. The van der Waals surface area contributed by atoms with Gasteiger partial charge in [0.2, 0.25) is 0 Å². The van der Waals surface area contributed by atoms with Crippen molar-refractivity contribution in [3.63, 3.8) is 0 Å². The lowest BCUT2D eigenvalue weighted by Gasteiger charge is -2.26. The van der Waals surface area contributed by atoms with Crippen molar-refractivity contribution in [2.45, 2.75) is 35.7 Å². The standard InChI is InChI=1S/C24H24ClNOS2/c25-17-8-9-20-23(14-17)29-22-7-3-2-6-19(22)21-15-18(28-24(20)21)16-27-13-12-26-10-4-1-5-11-26/h2-3,6-9,14-15H,1,4-5,10-13,16H2. The summed E-state index contributed by atoms with van der Waals surface area (Å²) in [4.78, 5) is 7.65. The highest BCUT2D eigenvalue weighted by atomic mass is 35.5. The van der Waals surface area contributed by atoms with Gasteiger partial charge in [-0.15, -0.1) is 11.3 Å². The molecule has 0 aliphatic carbocycles. The van der Waals surface area contributed by atoms with Gasteiger partial charge in [0, 0.05) is 42.2 Å². The first-order chi connectivity index (χ1) is 14.3. The number of likely N-dealkylation sites (tertiary alicyclic amines) is 1.